The van der Waals surface area contributed by atoms with Crippen LogP contribution in [-0.2, 0) is 10.9 Å². The Morgan fingerprint density at radius 2 is 1.36 bits per heavy atom. The van der Waals surface area contributed by atoms with Crippen LogP contribution in [0.15, 0.2) is 109 Å². The first-order valence-electron chi connectivity index (χ1n) is 8.11. The van der Waals surface area contributed by atoms with E-state index in [-0.39, 0.29) is 16.5 Å². The van der Waals surface area contributed by atoms with Gasteiger partial charge in [0.05, 0.1) is 10.9 Å². The van der Waals surface area contributed by atoms with Gasteiger partial charge in [0.25, 0.3) is 0 Å². The minimum atomic E-state index is -0.318. The van der Waals surface area contributed by atoms with Crippen LogP contribution in [0.5, 0.6) is 0 Å². The van der Waals surface area contributed by atoms with Crippen molar-refractivity contribution in [2.24, 2.45) is 0 Å². The zero-order valence-electron chi connectivity index (χ0n) is 13.8. The molecule has 0 fully saturated rings. The molecule has 122 valence electrons. The summed E-state index contributed by atoms with van der Waals surface area (Å²) in [6.45, 7) is 2.12. The molecular formula is C22H17O2S+. The summed E-state index contributed by atoms with van der Waals surface area (Å²) in [6, 6.07) is 28.3. The molecule has 0 saturated heterocycles. The summed E-state index contributed by atoms with van der Waals surface area (Å²) in [5, 5.41) is 0.950. The van der Waals surface area contributed by atoms with Crippen LogP contribution in [0, 0.1) is 6.92 Å². The van der Waals surface area contributed by atoms with Gasteiger partial charge in [0.1, 0.15) is 5.58 Å². The summed E-state index contributed by atoms with van der Waals surface area (Å²) in [7, 11) is -0.251. The fourth-order valence-corrected chi connectivity index (χ4v) is 5.18. The predicted molar refractivity (Wildman–Crippen MR) is 102 cm³/mol. The van der Waals surface area contributed by atoms with E-state index in [1.54, 1.807) is 0 Å². The van der Waals surface area contributed by atoms with Crippen molar-refractivity contribution in [2.75, 3.05) is 0 Å². The van der Waals surface area contributed by atoms with Crippen molar-refractivity contribution >= 4 is 21.9 Å². The summed E-state index contributed by atoms with van der Waals surface area (Å²) in [5.41, 5.74) is 1.51. The molecule has 0 atom stereocenters. The molecule has 0 radical (unpaired) electrons. The van der Waals surface area contributed by atoms with Gasteiger partial charge < -0.3 is 4.42 Å². The summed E-state index contributed by atoms with van der Waals surface area (Å²) in [4.78, 5) is 15.3. The van der Waals surface area contributed by atoms with Crippen LogP contribution < -0.4 is 5.63 Å². The molecule has 0 amide bonds. The van der Waals surface area contributed by atoms with Crippen molar-refractivity contribution < 1.29 is 4.42 Å². The molecule has 25 heavy (non-hydrogen) atoms. The van der Waals surface area contributed by atoms with E-state index in [0.29, 0.717) is 5.58 Å². The van der Waals surface area contributed by atoms with Crippen LogP contribution in [-0.4, -0.2) is 0 Å². The van der Waals surface area contributed by atoms with Gasteiger partial charge in [-0.3, -0.25) is 0 Å². The smallest absolute Gasteiger partial charge is 0.336 e. The minimum absolute atomic E-state index is 0.251. The Balaban J connectivity index is 1.98. The third-order valence-electron chi connectivity index (χ3n) is 4.09. The molecular weight excluding hydrogens is 328 g/mol. The van der Waals surface area contributed by atoms with Crippen LogP contribution >= 0.6 is 0 Å². The van der Waals surface area contributed by atoms with Crippen molar-refractivity contribution in [2.45, 2.75) is 21.6 Å². The van der Waals surface area contributed by atoms with Crippen molar-refractivity contribution in [1.29, 1.82) is 0 Å². The molecule has 0 saturated carbocycles. The zero-order chi connectivity index (χ0) is 17.2. The largest absolute Gasteiger partial charge is 0.423 e. The quantitative estimate of drug-likeness (QED) is 0.377. The second kappa shape index (κ2) is 6.61. The first-order chi connectivity index (χ1) is 12.2. The van der Waals surface area contributed by atoms with Gasteiger partial charge in [0.2, 0.25) is 0 Å². The molecule has 0 aliphatic carbocycles. The summed E-state index contributed by atoms with van der Waals surface area (Å²) in [6.07, 6.45) is 0. The lowest BCUT2D eigenvalue weighted by molar-refractivity contribution is 0.560. The molecule has 0 unspecified atom stereocenters. The highest BCUT2D eigenvalue weighted by Crippen LogP contribution is 2.34. The second-order valence-electron chi connectivity index (χ2n) is 5.84. The predicted octanol–water partition coefficient (Wildman–Crippen LogP) is 5.20. The average Bonchev–Trinajstić information content (AvgIpc) is 2.64. The molecule has 0 spiro atoms. The van der Waals surface area contributed by atoms with Crippen LogP contribution in [0.3, 0.4) is 0 Å². The Bertz CT molecular complexity index is 1030. The number of benzene rings is 3. The molecule has 2 nitrogen and oxygen atoms in total. The standard InChI is InChI=1S/C22H17O2S/c1-16-14-17-12-13-22(23)24-20(17)15-21(16)25(18-8-4-2-5-9-18)19-10-6-3-7-11-19/h2-15H,1H3/q+1. The molecule has 1 heterocycles. The average molecular weight is 345 g/mol. The highest BCUT2D eigenvalue weighted by Gasteiger charge is 2.30. The van der Waals surface area contributed by atoms with E-state index in [1.165, 1.54) is 26.3 Å². The SMILES string of the molecule is Cc1cc2ccc(=O)oc2cc1[S+](c1ccccc1)c1ccccc1. The van der Waals surface area contributed by atoms with Gasteiger partial charge in [-0.05, 0) is 43.3 Å². The van der Waals surface area contributed by atoms with Gasteiger partial charge in [-0.2, -0.15) is 0 Å². The summed E-state index contributed by atoms with van der Waals surface area (Å²) < 4.78 is 5.43. The third-order valence-corrected chi connectivity index (χ3v) is 6.46. The van der Waals surface area contributed by atoms with Crippen molar-refractivity contribution in [3.8, 4) is 0 Å². The van der Waals surface area contributed by atoms with E-state index in [9.17, 15) is 4.79 Å². The molecule has 3 aromatic carbocycles. The maximum Gasteiger partial charge on any atom is 0.336 e. The lowest BCUT2D eigenvalue weighted by Gasteiger charge is -2.11. The topological polar surface area (TPSA) is 30.2 Å². The Kier molecular flexibility index (Phi) is 4.16. The second-order valence-corrected chi connectivity index (χ2v) is 7.84. The number of rotatable bonds is 3. The van der Waals surface area contributed by atoms with E-state index in [0.717, 1.165) is 5.39 Å². The van der Waals surface area contributed by atoms with E-state index >= 15 is 0 Å². The highest BCUT2D eigenvalue weighted by molar-refractivity contribution is 7.97. The third kappa shape index (κ3) is 3.11. The molecule has 0 bridgehead atoms. The number of aryl methyl sites for hydroxylation is 1. The normalized spacial score (nSPS) is 11.1. The summed E-state index contributed by atoms with van der Waals surface area (Å²) >= 11 is 0. The first-order valence-corrected chi connectivity index (χ1v) is 9.34. The fourth-order valence-electron chi connectivity index (χ4n) is 2.93. The number of hydrogen-bond acceptors (Lipinski definition) is 2. The zero-order valence-corrected chi connectivity index (χ0v) is 14.6. The maximum absolute atomic E-state index is 11.6. The van der Waals surface area contributed by atoms with Gasteiger partial charge in [0.15, 0.2) is 14.7 Å². The Hall–Kier alpha value is -2.78. The van der Waals surface area contributed by atoms with Crippen LogP contribution in [0.1, 0.15) is 5.56 Å². The van der Waals surface area contributed by atoms with E-state index in [2.05, 4.69) is 61.5 Å². The van der Waals surface area contributed by atoms with Crippen LogP contribution in [0.2, 0.25) is 0 Å². The molecule has 4 rings (SSSR count). The Morgan fingerprint density at radius 1 is 0.760 bits per heavy atom. The van der Waals surface area contributed by atoms with Crippen LogP contribution in [0.25, 0.3) is 11.0 Å². The number of fused-ring (bicyclic) bond motifs is 1. The van der Waals surface area contributed by atoms with Gasteiger partial charge >= 0.3 is 5.63 Å². The molecule has 0 N–H and O–H groups in total. The van der Waals surface area contributed by atoms with E-state index < -0.39 is 0 Å². The molecule has 0 aliphatic rings. The number of hydrogen-bond donors (Lipinski definition) is 0. The highest BCUT2D eigenvalue weighted by atomic mass is 32.2. The fraction of sp³-hybridized carbons (Fsp3) is 0.0455. The summed E-state index contributed by atoms with van der Waals surface area (Å²) in [5.74, 6) is 0. The van der Waals surface area contributed by atoms with Gasteiger partial charge in [-0.15, -0.1) is 0 Å². The first kappa shape index (κ1) is 15.7. The lowest BCUT2D eigenvalue weighted by atomic mass is 10.1. The van der Waals surface area contributed by atoms with Gasteiger partial charge in [-0.1, -0.05) is 36.4 Å². The Morgan fingerprint density at radius 3 is 1.96 bits per heavy atom. The minimum Gasteiger partial charge on any atom is -0.423 e. The Labute approximate surface area is 149 Å². The van der Waals surface area contributed by atoms with Crippen molar-refractivity contribution in [3.63, 3.8) is 0 Å². The van der Waals surface area contributed by atoms with Gasteiger partial charge in [0, 0.05) is 23.1 Å². The van der Waals surface area contributed by atoms with E-state index in [1.807, 2.05) is 24.3 Å². The van der Waals surface area contributed by atoms with Crippen molar-refractivity contribution in [1.82, 2.24) is 0 Å². The monoisotopic (exact) mass is 345 g/mol. The maximum atomic E-state index is 11.6. The molecule has 1 aromatic heterocycles. The van der Waals surface area contributed by atoms with Crippen LogP contribution in [0.4, 0.5) is 0 Å². The molecule has 4 aromatic rings. The molecule has 0 aliphatic heterocycles. The van der Waals surface area contributed by atoms with E-state index in [4.69, 9.17) is 4.42 Å². The van der Waals surface area contributed by atoms with Gasteiger partial charge in [-0.25, -0.2) is 4.79 Å². The lowest BCUT2D eigenvalue weighted by Crippen LogP contribution is -2.07. The van der Waals surface area contributed by atoms with Crippen molar-refractivity contribution in [3.05, 3.63) is 101 Å². The molecule has 3 heteroatoms.